The van der Waals surface area contributed by atoms with E-state index in [2.05, 4.69) is 21.3 Å². The van der Waals surface area contributed by atoms with E-state index in [1.807, 2.05) is 38.5 Å². The third-order valence-corrected chi connectivity index (χ3v) is 5.58. The summed E-state index contributed by atoms with van der Waals surface area (Å²) in [7, 11) is 4.06. The van der Waals surface area contributed by atoms with Crippen molar-refractivity contribution >= 4 is 5.91 Å². The van der Waals surface area contributed by atoms with Crippen LogP contribution in [0.25, 0.3) is 0 Å². The zero-order valence-corrected chi connectivity index (χ0v) is 16.8. The van der Waals surface area contributed by atoms with Crippen molar-refractivity contribution in [3.8, 4) is 5.75 Å². The molecule has 2 atom stereocenters. The lowest BCUT2D eigenvalue weighted by Gasteiger charge is -2.25. The van der Waals surface area contributed by atoms with Crippen LogP contribution in [0.1, 0.15) is 42.7 Å². The number of nitrogens with zero attached hydrogens (tertiary/aromatic N) is 2. The van der Waals surface area contributed by atoms with Gasteiger partial charge in [0.1, 0.15) is 5.75 Å². The minimum Gasteiger partial charge on any atom is -0.508 e. The number of aromatic nitrogens is 1. The predicted octanol–water partition coefficient (Wildman–Crippen LogP) is 3.35. The van der Waals surface area contributed by atoms with Gasteiger partial charge in [0.15, 0.2) is 0 Å². The van der Waals surface area contributed by atoms with Crippen LogP contribution in [0.3, 0.4) is 0 Å². The molecule has 0 saturated heterocycles. The number of nitrogens with one attached hydrogen (secondary N) is 1. The smallest absolute Gasteiger partial charge is 0.220 e. The maximum absolute atomic E-state index is 12.7. The molecule has 0 radical (unpaired) electrons. The number of phenolic OH excluding ortho intramolecular Hbond substituents is 1. The Morgan fingerprint density at radius 1 is 1.25 bits per heavy atom. The van der Waals surface area contributed by atoms with E-state index in [9.17, 15) is 9.90 Å². The van der Waals surface area contributed by atoms with Crippen LogP contribution in [0.2, 0.25) is 0 Å². The fraction of sp³-hybridized carbons (Fsp3) is 0.478. The summed E-state index contributed by atoms with van der Waals surface area (Å²) in [5, 5.41) is 12.6. The number of phenols is 1. The highest BCUT2D eigenvalue weighted by Gasteiger charge is 2.28. The van der Waals surface area contributed by atoms with E-state index in [4.69, 9.17) is 0 Å². The predicted molar refractivity (Wildman–Crippen MR) is 111 cm³/mol. The third-order valence-electron chi connectivity index (χ3n) is 5.58. The number of hydrogen-bond donors (Lipinski definition) is 2. The number of amides is 1. The van der Waals surface area contributed by atoms with Crippen molar-refractivity contribution in [2.24, 2.45) is 5.92 Å². The first-order valence-corrected chi connectivity index (χ1v) is 10.1. The van der Waals surface area contributed by atoms with Gasteiger partial charge in [0.05, 0.1) is 0 Å². The van der Waals surface area contributed by atoms with Crippen LogP contribution < -0.4 is 5.32 Å². The second kappa shape index (κ2) is 9.69. The van der Waals surface area contributed by atoms with Crippen LogP contribution in [0.15, 0.2) is 48.8 Å². The third kappa shape index (κ3) is 6.34. The second-order valence-corrected chi connectivity index (χ2v) is 8.16. The summed E-state index contributed by atoms with van der Waals surface area (Å²) >= 11 is 0. The van der Waals surface area contributed by atoms with E-state index < -0.39 is 0 Å². The maximum atomic E-state index is 12.7. The summed E-state index contributed by atoms with van der Waals surface area (Å²) < 4.78 is 0. The van der Waals surface area contributed by atoms with E-state index in [1.165, 1.54) is 12.8 Å². The standard InChI is InChI=1S/C23H31N3O2/c1-26(2)21(13-18-7-9-22(27)10-8-18)16-25-23(28)14-20(12-17-5-6-17)19-4-3-11-24-15-19/h3-4,7-11,15,17,20-21,27H,5-6,12-14,16H2,1-2H3,(H,25,28)/t20-,21+/m1/s1. The molecule has 1 aromatic carbocycles. The molecular weight excluding hydrogens is 350 g/mol. The van der Waals surface area contributed by atoms with Gasteiger partial charge in [-0.05, 0) is 68.1 Å². The van der Waals surface area contributed by atoms with Crippen LogP contribution in [-0.4, -0.2) is 47.6 Å². The lowest BCUT2D eigenvalue weighted by Crippen LogP contribution is -2.41. The summed E-state index contributed by atoms with van der Waals surface area (Å²) in [6, 6.07) is 11.5. The van der Waals surface area contributed by atoms with Crippen LogP contribution in [-0.2, 0) is 11.2 Å². The second-order valence-electron chi connectivity index (χ2n) is 8.16. The first-order chi connectivity index (χ1) is 13.5. The summed E-state index contributed by atoms with van der Waals surface area (Å²) in [6.07, 6.45) is 8.66. The summed E-state index contributed by atoms with van der Waals surface area (Å²) in [6.45, 7) is 0.607. The van der Waals surface area contributed by atoms with Crippen molar-refractivity contribution in [1.82, 2.24) is 15.2 Å². The van der Waals surface area contributed by atoms with E-state index in [0.29, 0.717) is 13.0 Å². The molecule has 28 heavy (non-hydrogen) atoms. The Morgan fingerprint density at radius 2 is 2.00 bits per heavy atom. The number of likely N-dealkylation sites (N-methyl/N-ethyl adjacent to an activating group) is 1. The number of carbonyl (C=O) groups is 1. The van der Waals surface area contributed by atoms with Crippen molar-refractivity contribution in [1.29, 1.82) is 0 Å². The van der Waals surface area contributed by atoms with Crippen molar-refractivity contribution in [2.45, 2.75) is 44.1 Å². The molecule has 1 saturated carbocycles. The minimum atomic E-state index is 0.104. The summed E-state index contributed by atoms with van der Waals surface area (Å²) in [4.78, 5) is 19.0. The van der Waals surface area contributed by atoms with Crippen LogP contribution >= 0.6 is 0 Å². The van der Waals surface area contributed by atoms with E-state index in [1.54, 1.807) is 18.3 Å². The van der Waals surface area contributed by atoms with Crippen LogP contribution in [0.4, 0.5) is 0 Å². The van der Waals surface area contributed by atoms with Crippen molar-refractivity contribution < 1.29 is 9.90 Å². The highest BCUT2D eigenvalue weighted by atomic mass is 16.3. The molecule has 1 fully saturated rings. The maximum Gasteiger partial charge on any atom is 0.220 e. The van der Waals surface area contributed by atoms with Gasteiger partial charge in [-0.25, -0.2) is 0 Å². The number of hydrogen-bond acceptors (Lipinski definition) is 4. The van der Waals surface area contributed by atoms with Crippen molar-refractivity contribution in [3.05, 3.63) is 59.9 Å². The Bertz CT molecular complexity index is 742. The average Bonchev–Trinajstić information content (AvgIpc) is 3.50. The Balaban J connectivity index is 1.54. The van der Waals surface area contributed by atoms with Gasteiger partial charge < -0.3 is 15.3 Å². The Morgan fingerprint density at radius 3 is 2.61 bits per heavy atom. The number of rotatable bonds is 10. The molecular formula is C23H31N3O2. The molecule has 2 N–H and O–H groups in total. The first kappa shape index (κ1) is 20.3. The molecule has 5 nitrogen and oxygen atoms in total. The number of carbonyl (C=O) groups excluding carboxylic acids is 1. The van der Waals surface area contributed by atoms with E-state index in [-0.39, 0.29) is 23.6 Å². The van der Waals surface area contributed by atoms with Gasteiger partial charge in [0.25, 0.3) is 0 Å². The molecule has 2 aromatic rings. The number of pyridine rings is 1. The molecule has 5 heteroatoms. The highest BCUT2D eigenvalue weighted by molar-refractivity contribution is 5.76. The van der Waals surface area contributed by atoms with E-state index in [0.717, 1.165) is 29.9 Å². The first-order valence-electron chi connectivity index (χ1n) is 10.1. The van der Waals surface area contributed by atoms with Gasteiger partial charge in [0.2, 0.25) is 5.91 Å². The molecule has 1 aromatic heterocycles. The minimum absolute atomic E-state index is 0.104. The zero-order chi connectivity index (χ0) is 19.9. The van der Waals surface area contributed by atoms with Crippen molar-refractivity contribution in [2.75, 3.05) is 20.6 Å². The lowest BCUT2D eigenvalue weighted by atomic mass is 9.91. The molecule has 0 spiro atoms. The fourth-order valence-electron chi connectivity index (χ4n) is 3.58. The molecule has 1 heterocycles. The molecule has 0 bridgehead atoms. The monoisotopic (exact) mass is 381 g/mol. The number of aromatic hydroxyl groups is 1. The van der Waals surface area contributed by atoms with Crippen LogP contribution in [0.5, 0.6) is 5.75 Å². The van der Waals surface area contributed by atoms with Gasteiger partial charge >= 0.3 is 0 Å². The van der Waals surface area contributed by atoms with Gasteiger partial charge in [-0.3, -0.25) is 9.78 Å². The molecule has 0 unspecified atom stereocenters. The number of benzene rings is 1. The van der Waals surface area contributed by atoms with Gasteiger partial charge in [0, 0.05) is 31.4 Å². The quantitative estimate of drug-likeness (QED) is 0.662. The molecule has 1 aliphatic rings. The Labute approximate surface area is 167 Å². The van der Waals surface area contributed by atoms with E-state index >= 15 is 0 Å². The normalized spacial score (nSPS) is 16.0. The zero-order valence-electron chi connectivity index (χ0n) is 16.8. The molecule has 1 aliphatic carbocycles. The van der Waals surface area contributed by atoms with Crippen molar-refractivity contribution in [3.63, 3.8) is 0 Å². The molecule has 3 rings (SSSR count). The summed E-state index contributed by atoms with van der Waals surface area (Å²) in [5.41, 5.74) is 2.31. The van der Waals surface area contributed by atoms with Crippen LogP contribution in [0, 0.1) is 5.92 Å². The Kier molecular flexibility index (Phi) is 7.04. The highest BCUT2D eigenvalue weighted by Crippen LogP contribution is 2.39. The van der Waals surface area contributed by atoms with Gasteiger partial charge in [-0.2, -0.15) is 0 Å². The summed E-state index contributed by atoms with van der Waals surface area (Å²) in [5.74, 6) is 1.39. The lowest BCUT2D eigenvalue weighted by molar-refractivity contribution is -0.121. The van der Waals surface area contributed by atoms with Gasteiger partial charge in [-0.1, -0.05) is 31.0 Å². The average molecular weight is 382 g/mol. The fourth-order valence-corrected chi connectivity index (χ4v) is 3.58. The molecule has 1 amide bonds. The SMILES string of the molecule is CN(C)[C@H](CNC(=O)C[C@@H](CC1CC1)c1cccnc1)Cc1ccc(O)cc1. The topological polar surface area (TPSA) is 65.5 Å². The molecule has 0 aliphatic heterocycles. The van der Waals surface area contributed by atoms with Gasteiger partial charge in [-0.15, -0.1) is 0 Å². The Hall–Kier alpha value is -2.40. The largest absolute Gasteiger partial charge is 0.508 e. The molecule has 150 valence electrons.